The fourth-order valence-electron chi connectivity index (χ4n) is 3.71. The predicted octanol–water partition coefficient (Wildman–Crippen LogP) is 4.67. The summed E-state index contributed by atoms with van der Waals surface area (Å²) in [5.74, 6) is 2.40. The minimum Gasteiger partial charge on any atom is -0.493 e. The van der Waals surface area contributed by atoms with E-state index in [0.717, 1.165) is 21.5 Å². The number of nitrogens with zero attached hydrogens (tertiary/aromatic N) is 1. The Hall–Kier alpha value is -3.25. The Morgan fingerprint density at radius 2 is 1.68 bits per heavy atom. The monoisotopic (exact) mass is 395 g/mol. The SMILES string of the molecule is COc1cc2cc(C(=O)Cl)c3c4cc5c(cc4ncc3c2cc1OC)OCO5. The van der Waals surface area contributed by atoms with Crippen LogP contribution in [0.2, 0.25) is 0 Å². The maximum absolute atomic E-state index is 12.3. The van der Waals surface area contributed by atoms with Gasteiger partial charge in [0.2, 0.25) is 6.79 Å². The normalized spacial score (nSPS) is 12.7. The molecule has 0 fully saturated rings. The smallest absolute Gasteiger partial charge is 0.253 e. The van der Waals surface area contributed by atoms with Crippen LogP contribution in [0.1, 0.15) is 10.4 Å². The summed E-state index contributed by atoms with van der Waals surface area (Å²) in [6.45, 7) is 0.158. The van der Waals surface area contributed by atoms with Gasteiger partial charge in [0.15, 0.2) is 23.0 Å². The zero-order valence-corrected chi connectivity index (χ0v) is 15.8. The van der Waals surface area contributed by atoms with Crippen molar-refractivity contribution in [1.82, 2.24) is 4.98 Å². The maximum Gasteiger partial charge on any atom is 0.253 e. The minimum absolute atomic E-state index is 0.158. The number of halogens is 1. The largest absolute Gasteiger partial charge is 0.493 e. The second-order valence-electron chi connectivity index (χ2n) is 6.40. The van der Waals surface area contributed by atoms with E-state index < -0.39 is 5.24 Å². The van der Waals surface area contributed by atoms with Gasteiger partial charge < -0.3 is 18.9 Å². The highest BCUT2D eigenvalue weighted by Crippen LogP contribution is 2.42. The molecule has 1 aromatic heterocycles. The van der Waals surface area contributed by atoms with Crippen molar-refractivity contribution in [3.8, 4) is 23.0 Å². The number of carbonyl (C=O) groups excluding carboxylic acids is 1. The van der Waals surface area contributed by atoms with Crippen LogP contribution in [0.3, 0.4) is 0 Å². The van der Waals surface area contributed by atoms with Gasteiger partial charge in [-0.1, -0.05) is 0 Å². The van der Waals surface area contributed by atoms with Crippen molar-refractivity contribution >= 4 is 49.3 Å². The molecule has 5 rings (SSSR count). The van der Waals surface area contributed by atoms with E-state index >= 15 is 0 Å². The molecular formula is C21H14ClNO5. The summed E-state index contributed by atoms with van der Waals surface area (Å²) in [6, 6.07) is 9.10. The number of pyridine rings is 1. The molecule has 0 N–H and O–H groups in total. The van der Waals surface area contributed by atoms with Crippen molar-refractivity contribution in [2.45, 2.75) is 0 Å². The van der Waals surface area contributed by atoms with E-state index in [-0.39, 0.29) is 6.79 Å². The van der Waals surface area contributed by atoms with Gasteiger partial charge in [0, 0.05) is 34.0 Å². The quantitative estimate of drug-likeness (QED) is 0.371. The van der Waals surface area contributed by atoms with Gasteiger partial charge in [0.1, 0.15) is 0 Å². The molecule has 7 heteroatoms. The Bertz CT molecular complexity index is 1300. The molecule has 2 heterocycles. The first-order chi connectivity index (χ1) is 13.6. The molecule has 6 nitrogen and oxygen atoms in total. The fraction of sp³-hybridized carbons (Fsp3) is 0.143. The molecule has 1 aliphatic rings. The molecular weight excluding hydrogens is 382 g/mol. The van der Waals surface area contributed by atoms with Crippen LogP contribution in [-0.4, -0.2) is 31.2 Å². The van der Waals surface area contributed by atoms with E-state index in [1.807, 2.05) is 18.2 Å². The van der Waals surface area contributed by atoms with Crippen molar-refractivity contribution in [2.75, 3.05) is 21.0 Å². The standard InChI is InChI=1S/C21H14ClNO5/c1-25-16-4-10-3-13(21(22)24)20-12-6-18-19(28-9-27-18)7-15(12)23-8-14(20)11(10)5-17(16)26-2/h3-8H,9H2,1-2H3. The third-order valence-electron chi connectivity index (χ3n) is 4.99. The van der Waals surface area contributed by atoms with E-state index in [0.29, 0.717) is 39.5 Å². The number of fused-ring (bicyclic) bond motifs is 6. The molecule has 0 amide bonds. The van der Waals surface area contributed by atoms with Gasteiger partial charge in [-0.3, -0.25) is 9.78 Å². The van der Waals surface area contributed by atoms with Crippen molar-refractivity contribution in [1.29, 1.82) is 0 Å². The van der Waals surface area contributed by atoms with Crippen LogP contribution in [0.25, 0.3) is 32.4 Å². The highest BCUT2D eigenvalue weighted by atomic mass is 35.5. The number of ether oxygens (including phenoxy) is 4. The van der Waals surface area contributed by atoms with Gasteiger partial charge >= 0.3 is 0 Å². The molecule has 1 aliphatic heterocycles. The molecule has 0 bridgehead atoms. The van der Waals surface area contributed by atoms with Gasteiger partial charge in [-0.05, 0) is 46.6 Å². The highest BCUT2D eigenvalue weighted by molar-refractivity contribution is 6.69. The summed E-state index contributed by atoms with van der Waals surface area (Å²) < 4.78 is 21.8. The average Bonchev–Trinajstić information content (AvgIpc) is 3.17. The zero-order chi connectivity index (χ0) is 19.4. The molecule has 3 aromatic carbocycles. The Morgan fingerprint density at radius 1 is 0.964 bits per heavy atom. The second kappa shape index (κ2) is 6.14. The Kier molecular flexibility index (Phi) is 3.70. The van der Waals surface area contributed by atoms with Gasteiger partial charge in [0.05, 0.1) is 19.7 Å². The lowest BCUT2D eigenvalue weighted by atomic mass is 9.95. The van der Waals surface area contributed by atoms with Crippen molar-refractivity contribution < 1.29 is 23.7 Å². The van der Waals surface area contributed by atoms with Crippen LogP contribution in [0.15, 0.2) is 36.5 Å². The molecule has 140 valence electrons. The number of carbonyl (C=O) groups is 1. The Labute approximate surface area is 164 Å². The lowest BCUT2D eigenvalue weighted by Crippen LogP contribution is -1.96. The highest BCUT2D eigenvalue weighted by Gasteiger charge is 2.20. The van der Waals surface area contributed by atoms with Crippen LogP contribution in [-0.2, 0) is 0 Å². The van der Waals surface area contributed by atoms with Gasteiger partial charge in [-0.25, -0.2) is 0 Å². The fourth-order valence-corrected chi connectivity index (χ4v) is 3.86. The summed E-state index contributed by atoms with van der Waals surface area (Å²) in [7, 11) is 3.15. The second-order valence-corrected chi connectivity index (χ2v) is 6.74. The number of hydrogen-bond donors (Lipinski definition) is 0. The van der Waals surface area contributed by atoms with Crippen LogP contribution in [0.5, 0.6) is 23.0 Å². The van der Waals surface area contributed by atoms with Gasteiger partial charge in [-0.15, -0.1) is 0 Å². The number of benzene rings is 3. The maximum atomic E-state index is 12.3. The van der Waals surface area contributed by atoms with Crippen LogP contribution in [0, 0.1) is 0 Å². The number of methoxy groups -OCH3 is 2. The molecule has 28 heavy (non-hydrogen) atoms. The van der Waals surface area contributed by atoms with E-state index in [9.17, 15) is 4.79 Å². The summed E-state index contributed by atoms with van der Waals surface area (Å²) in [5, 5.41) is 3.39. The molecule has 0 spiro atoms. The first kappa shape index (κ1) is 16.9. The number of rotatable bonds is 3. The third kappa shape index (κ3) is 2.34. The molecule has 4 aromatic rings. The molecule has 0 saturated carbocycles. The van der Waals surface area contributed by atoms with Crippen LogP contribution < -0.4 is 18.9 Å². The average molecular weight is 396 g/mol. The van der Waals surface area contributed by atoms with Crippen LogP contribution in [0.4, 0.5) is 0 Å². The topological polar surface area (TPSA) is 66.9 Å². The summed E-state index contributed by atoms with van der Waals surface area (Å²) in [4.78, 5) is 16.9. The number of hydrogen-bond acceptors (Lipinski definition) is 6. The predicted molar refractivity (Wildman–Crippen MR) is 106 cm³/mol. The van der Waals surface area contributed by atoms with Gasteiger partial charge in [-0.2, -0.15) is 0 Å². The van der Waals surface area contributed by atoms with Gasteiger partial charge in [0.25, 0.3) is 5.24 Å². The molecule has 0 aliphatic carbocycles. The first-order valence-corrected chi connectivity index (χ1v) is 8.89. The summed E-state index contributed by atoms with van der Waals surface area (Å²) in [5.41, 5.74) is 1.08. The van der Waals surface area contributed by atoms with E-state index in [1.165, 1.54) is 0 Å². The molecule has 0 saturated heterocycles. The Morgan fingerprint density at radius 3 is 2.39 bits per heavy atom. The van der Waals surface area contributed by atoms with E-state index in [2.05, 4.69) is 4.98 Å². The Balaban J connectivity index is 1.98. The lowest BCUT2D eigenvalue weighted by Gasteiger charge is -2.14. The molecule has 0 radical (unpaired) electrons. The number of aromatic nitrogens is 1. The van der Waals surface area contributed by atoms with E-state index in [4.69, 9.17) is 30.5 Å². The van der Waals surface area contributed by atoms with Crippen molar-refractivity contribution in [3.05, 3.63) is 42.1 Å². The summed E-state index contributed by atoms with van der Waals surface area (Å²) >= 11 is 5.96. The van der Waals surface area contributed by atoms with Crippen molar-refractivity contribution in [3.63, 3.8) is 0 Å². The van der Waals surface area contributed by atoms with Crippen molar-refractivity contribution in [2.24, 2.45) is 0 Å². The zero-order valence-electron chi connectivity index (χ0n) is 15.0. The minimum atomic E-state index is -0.549. The van der Waals surface area contributed by atoms with Crippen LogP contribution >= 0.6 is 11.6 Å². The molecule has 0 unspecified atom stereocenters. The first-order valence-electron chi connectivity index (χ1n) is 8.51. The lowest BCUT2D eigenvalue weighted by molar-refractivity contribution is 0.108. The molecule has 0 atom stereocenters. The third-order valence-corrected chi connectivity index (χ3v) is 5.19. The summed E-state index contributed by atoms with van der Waals surface area (Å²) in [6.07, 6.45) is 1.73. The van der Waals surface area contributed by atoms with E-state index in [1.54, 1.807) is 32.5 Å².